The second-order valence-corrected chi connectivity index (χ2v) is 6.89. The number of hydrogen-bond donors (Lipinski definition) is 1. The molecule has 0 radical (unpaired) electrons. The van der Waals surface area contributed by atoms with Crippen molar-refractivity contribution in [3.05, 3.63) is 48.0 Å². The number of nitrogens with zero attached hydrogens (tertiary/aromatic N) is 2. The fraction of sp³-hybridized carbons (Fsp3) is 0.400. The van der Waals surface area contributed by atoms with Gasteiger partial charge in [0.05, 0.1) is 30.6 Å². The van der Waals surface area contributed by atoms with Crippen molar-refractivity contribution in [3.8, 4) is 5.75 Å². The summed E-state index contributed by atoms with van der Waals surface area (Å²) in [5.41, 5.74) is 5.07. The Kier molecular flexibility index (Phi) is 3.75. The van der Waals surface area contributed by atoms with Crippen LogP contribution in [0.15, 0.2) is 42.5 Å². The highest BCUT2D eigenvalue weighted by atomic mass is 16.5. The maximum Gasteiger partial charge on any atom is 0.121 e. The summed E-state index contributed by atoms with van der Waals surface area (Å²) in [6.45, 7) is 1.14. The summed E-state index contributed by atoms with van der Waals surface area (Å²) in [4.78, 5) is 4.70. The fourth-order valence-corrected chi connectivity index (χ4v) is 4.00. The van der Waals surface area contributed by atoms with E-state index in [1.807, 2.05) is 0 Å². The quantitative estimate of drug-likeness (QED) is 0.927. The molecule has 24 heavy (non-hydrogen) atoms. The number of anilines is 3. The Morgan fingerprint density at radius 3 is 2.62 bits per heavy atom. The zero-order valence-electron chi connectivity index (χ0n) is 14.6. The van der Waals surface area contributed by atoms with Crippen LogP contribution in [-0.2, 0) is 0 Å². The van der Waals surface area contributed by atoms with Gasteiger partial charge in [-0.05, 0) is 42.7 Å². The molecule has 1 saturated heterocycles. The van der Waals surface area contributed by atoms with Crippen molar-refractivity contribution < 1.29 is 4.74 Å². The number of rotatable bonds is 3. The third-order valence-electron chi connectivity index (χ3n) is 5.28. The van der Waals surface area contributed by atoms with E-state index in [1.54, 1.807) is 7.11 Å². The van der Waals surface area contributed by atoms with Crippen LogP contribution in [-0.4, -0.2) is 33.8 Å². The molecule has 0 amide bonds. The van der Waals surface area contributed by atoms with E-state index in [0.29, 0.717) is 12.1 Å². The molecule has 0 aromatic heterocycles. The van der Waals surface area contributed by atoms with Crippen LogP contribution in [0.1, 0.15) is 24.4 Å². The third kappa shape index (κ3) is 2.46. The lowest BCUT2D eigenvalue weighted by Gasteiger charge is -2.41. The lowest BCUT2D eigenvalue weighted by molar-refractivity contribution is 0.414. The Bertz CT molecular complexity index is 726. The van der Waals surface area contributed by atoms with Crippen molar-refractivity contribution in [2.45, 2.75) is 24.9 Å². The van der Waals surface area contributed by atoms with Gasteiger partial charge in [0.25, 0.3) is 0 Å². The van der Waals surface area contributed by atoms with E-state index >= 15 is 0 Å². The van der Waals surface area contributed by atoms with Crippen molar-refractivity contribution >= 4 is 17.1 Å². The lowest BCUT2D eigenvalue weighted by atomic mass is 9.94. The first-order chi connectivity index (χ1) is 11.7. The number of hydrogen-bond acceptors (Lipinski definition) is 4. The second kappa shape index (κ2) is 5.93. The molecule has 2 aromatic rings. The summed E-state index contributed by atoms with van der Waals surface area (Å²) < 4.78 is 5.41. The van der Waals surface area contributed by atoms with Gasteiger partial charge in [-0.25, -0.2) is 0 Å². The lowest BCUT2D eigenvalue weighted by Crippen LogP contribution is -2.42. The smallest absolute Gasteiger partial charge is 0.121 e. The van der Waals surface area contributed by atoms with Crippen LogP contribution in [0.4, 0.5) is 17.1 Å². The van der Waals surface area contributed by atoms with Crippen LogP contribution in [0.5, 0.6) is 5.75 Å². The van der Waals surface area contributed by atoms with Gasteiger partial charge in [-0.1, -0.05) is 12.1 Å². The van der Waals surface area contributed by atoms with Crippen LogP contribution in [0.2, 0.25) is 0 Å². The molecule has 2 aromatic carbocycles. The molecule has 0 bridgehead atoms. The Balaban J connectivity index is 1.70. The Hall–Kier alpha value is -2.36. The molecule has 0 saturated carbocycles. The molecule has 2 atom stereocenters. The van der Waals surface area contributed by atoms with E-state index in [0.717, 1.165) is 12.3 Å². The highest BCUT2D eigenvalue weighted by Crippen LogP contribution is 2.45. The van der Waals surface area contributed by atoms with Crippen molar-refractivity contribution in [3.63, 3.8) is 0 Å². The van der Waals surface area contributed by atoms with Gasteiger partial charge in [0.1, 0.15) is 5.75 Å². The van der Waals surface area contributed by atoms with Crippen molar-refractivity contribution in [1.82, 2.24) is 0 Å². The van der Waals surface area contributed by atoms with E-state index in [-0.39, 0.29) is 0 Å². The maximum atomic E-state index is 5.41. The molecule has 2 aliphatic rings. The first-order valence-corrected chi connectivity index (χ1v) is 8.66. The predicted octanol–water partition coefficient (Wildman–Crippen LogP) is 3.90. The summed E-state index contributed by atoms with van der Waals surface area (Å²) >= 11 is 0. The average molecular weight is 323 g/mol. The van der Waals surface area contributed by atoms with Crippen LogP contribution in [0, 0.1) is 0 Å². The fourth-order valence-electron chi connectivity index (χ4n) is 4.00. The van der Waals surface area contributed by atoms with E-state index in [9.17, 15) is 0 Å². The number of fused-ring (bicyclic) bond motifs is 3. The first kappa shape index (κ1) is 15.2. The molecule has 4 rings (SSSR count). The summed E-state index contributed by atoms with van der Waals surface area (Å²) in [5.74, 6) is 0.903. The standard InChI is InChI=1S/C20H25N3O/c1-22(2)15-8-6-14(7-9-15)20-19-5-4-12-23(19)18-11-10-16(24-3)13-17(18)21-20/h6-11,13,19-21H,4-5,12H2,1-3H3. The van der Waals surface area contributed by atoms with E-state index in [2.05, 4.69) is 71.7 Å². The zero-order valence-corrected chi connectivity index (χ0v) is 14.6. The second-order valence-electron chi connectivity index (χ2n) is 6.89. The van der Waals surface area contributed by atoms with E-state index in [1.165, 1.54) is 35.5 Å². The molecule has 4 nitrogen and oxygen atoms in total. The monoisotopic (exact) mass is 323 g/mol. The molecule has 126 valence electrons. The van der Waals surface area contributed by atoms with Crippen LogP contribution >= 0.6 is 0 Å². The summed E-state index contributed by atoms with van der Waals surface area (Å²) in [5, 5.41) is 3.77. The SMILES string of the molecule is COc1ccc2c(c1)NC(c1ccc(N(C)C)cc1)C1CCCN21. The highest BCUT2D eigenvalue weighted by molar-refractivity contribution is 5.76. The average Bonchev–Trinajstić information content (AvgIpc) is 3.10. The summed E-state index contributed by atoms with van der Waals surface area (Å²) in [6.07, 6.45) is 2.49. The predicted molar refractivity (Wildman–Crippen MR) is 100 cm³/mol. The largest absolute Gasteiger partial charge is 0.497 e. The Morgan fingerprint density at radius 1 is 1.12 bits per heavy atom. The Labute approximate surface area is 144 Å². The van der Waals surface area contributed by atoms with Gasteiger partial charge < -0.3 is 19.9 Å². The molecular formula is C20H25N3O. The van der Waals surface area contributed by atoms with Crippen molar-refractivity contribution in [2.24, 2.45) is 0 Å². The van der Waals surface area contributed by atoms with Gasteiger partial charge in [0, 0.05) is 32.4 Å². The molecule has 2 aliphatic heterocycles. The van der Waals surface area contributed by atoms with E-state index < -0.39 is 0 Å². The summed E-state index contributed by atoms with van der Waals surface area (Å²) in [6, 6.07) is 16.1. The van der Waals surface area contributed by atoms with Gasteiger partial charge in [-0.2, -0.15) is 0 Å². The minimum Gasteiger partial charge on any atom is -0.497 e. The molecule has 0 aliphatic carbocycles. The summed E-state index contributed by atoms with van der Waals surface area (Å²) in [7, 11) is 5.88. The minimum atomic E-state index is 0.323. The van der Waals surface area contributed by atoms with Gasteiger partial charge in [-0.3, -0.25) is 0 Å². The highest BCUT2D eigenvalue weighted by Gasteiger charge is 2.37. The molecule has 1 fully saturated rings. The van der Waals surface area contributed by atoms with Crippen molar-refractivity contribution in [2.75, 3.05) is 42.9 Å². The number of nitrogens with one attached hydrogen (secondary N) is 1. The number of benzene rings is 2. The van der Waals surface area contributed by atoms with Gasteiger partial charge in [-0.15, -0.1) is 0 Å². The molecule has 4 heteroatoms. The van der Waals surface area contributed by atoms with E-state index in [4.69, 9.17) is 4.74 Å². The Morgan fingerprint density at radius 2 is 1.92 bits per heavy atom. The maximum absolute atomic E-state index is 5.41. The topological polar surface area (TPSA) is 27.7 Å². The van der Waals surface area contributed by atoms with Crippen LogP contribution in [0.25, 0.3) is 0 Å². The first-order valence-electron chi connectivity index (χ1n) is 8.66. The normalized spacial score (nSPS) is 21.7. The van der Waals surface area contributed by atoms with Gasteiger partial charge in [0.2, 0.25) is 0 Å². The number of ether oxygens (including phenoxy) is 1. The number of methoxy groups -OCH3 is 1. The minimum absolute atomic E-state index is 0.323. The zero-order chi connectivity index (χ0) is 16.7. The van der Waals surface area contributed by atoms with Gasteiger partial charge >= 0.3 is 0 Å². The molecule has 2 unspecified atom stereocenters. The molecule has 0 spiro atoms. The molecule has 1 N–H and O–H groups in total. The molecular weight excluding hydrogens is 298 g/mol. The van der Waals surface area contributed by atoms with Gasteiger partial charge in [0.15, 0.2) is 0 Å². The molecule has 2 heterocycles. The van der Waals surface area contributed by atoms with Crippen LogP contribution in [0.3, 0.4) is 0 Å². The van der Waals surface area contributed by atoms with Crippen LogP contribution < -0.4 is 19.9 Å². The van der Waals surface area contributed by atoms with Crippen molar-refractivity contribution in [1.29, 1.82) is 0 Å². The third-order valence-corrected chi connectivity index (χ3v) is 5.28.